The number of imidazole rings is 1. The number of aromatic nitrogens is 2. The number of hydrogen-bond acceptors (Lipinski definition) is 6. The number of carbonyl (C=O) groups is 2. The van der Waals surface area contributed by atoms with Crippen molar-refractivity contribution >= 4 is 39.7 Å². The molecule has 4 rings (SSSR count). The van der Waals surface area contributed by atoms with E-state index in [0.29, 0.717) is 22.9 Å². The van der Waals surface area contributed by atoms with Crippen molar-refractivity contribution in [2.45, 2.75) is 6.92 Å². The van der Waals surface area contributed by atoms with Crippen LogP contribution in [-0.4, -0.2) is 50.4 Å². The molecule has 1 aromatic heterocycles. The summed E-state index contributed by atoms with van der Waals surface area (Å²) < 4.78 is 20.4. The summed E-state index contributed by atoms with van der Waals surface area (Å²) in [4.78, 5) is 28.5. The average Bonchev–Trinajstić information content (AvgIpc) is 3.06. The SMILES string of the molecule is CCOC(=O)CN1N=C(c2ccc3c(c2)nc(-c2cccc(F)c2)n3C)CSC1=O. The highest BCUT2D eigenvalue weighted by Crippen LogP contribution is 2.26. The van der Waals surface area contributed by atoms with Gasteiger partial charge in [-0.25, -0.2) is 14.4 Å². The minimum Gasteiger partial charge on any atom is -0.465 e. The third-order valence-corrected chi connectivity index (χ3v) is 5.54. The lowest BCUT2D eigenvalue weighted by molar-refractivity contribution is -0.143. The largest absolute Gasteiger partial charge is 0.465 e. The number of rotatable bonds is 5. The van der Waals surface area contributed by atoms with Crippen molar-refractivity contribution in [2.75, 3.05) is 18.9 Å². The second-order valence-electron chi connectivity index (χ2n) is 6.67. The molecule has 0 saturated heterocycles. The molecule has 1 amide bonds. The van der Waals surface area contributed by atoms with Gasteiger partial charge in [-0.2, -0.15) is 5.10 Å². The van der Waals surface area contributed by atoms with Crippen LogP contribution in [0, 0.1) is 5.82 Å². The molecule has 2 aromatic carbocycles. The van der Waals surface area contributed by atoms with E-state index in [1.165, 1.54) is 12.1 Å². The number of esters is 1. The standard InChI is InChI=1S/C21H19FN4O3S/c1-3-29-19(27)11-26-21(28)30-12-17(24-26)13-7-8-18-16(10-13)23-20(25(18)2)14-5-4-6-15(22)9-14/h4-10H,3,11-12H2,1-2H3. The molecule has 1 aliphatic heterocycles. The molecule has 7 nitrogen and oxygen atoms in total. The molecule has 0 saturated carbocycles. The van der Waals surface area contributed by atoms with Gasteiger partial charge in [0.1, 0.15) is 18.2 Å². The van der Waals surface area contributed by atoms with Gasteiger partial charge in [-0.1, -0.05) is 30.0 Å². The Hall–Kier alpha value is -3.20. The molecule has 0 radical (unpaired) electrons. The Bertz CT molecular complexity index is 1170. The molecule has 30 heavy (non-hydrogen) atoms. The minimum absolute atomic E-state index is 0.223. The van der Waals surface area contributed by atoms with E-state index in [0.717, 1.165) is 33.4 Å². The minimum atomic E-state index is -0.503. The highest BCUT2D eigenvalue weighted by molar-refractivity contribution is 8.14. The van der Waals surface area contributed by atoms with Crippen molar-refractivity contribution in [3.05, 3.63) is 53.8 Å². The van der Waals surface area contributed by atoms with E-state index in [9.17, 15) is 14.0 Å². The van der Waals surface area contributed by atoms with E-state index < -0.39 is 5.97 Å². The number of amides is 1. The van der Waals surface area contributed by atoms with Crippen molar-refractivity contribution in [1.82, 2.24) is 14.6 Å². The molecule has 154 valence electrons. The number of fused-ring (bicyclic) bond motifs is 1. The number of nitrogens with zero attached hydrogens (tertiary/aromatic N) is 4. The van der Waals surface area contributed by atoms with Gasteiger partial charge in [0.15, 0.2) is 0 Å². The number of ether oxygens (including phenoxy) is 1. The summed E-state index contributed by atoms with van der Waals surface area (Å²) in [6.45, 7) is 1.73. The molecular formula is C21H19FN4O3S. The molecule has 0 N–H and O–H groups in total. The van der Waals surface area contributed by atoms with Crippen molar-refractivity contribution < 1.29 is 18.7 Å². The zero-order chi connectivity index (χ0) is 21.3. The first-order valence-corrected chi connectivity index (χ1v) is 10.3. The number of halogens is 1. The van der Waals surface area contributed by atoms with Gasteiger partial charge in [-0.15, -0.1) is 0 Å². The summed E-state index contributed by atoms with van der Waals surface area (Å²) in [5.41, 5.74) is 3.79. The smallest absolute Gasteiger partial charge is 0.327 e. The molecule has 1 aliphatic rings. The van der Waals surface area contributed by atoms with Crippen molar-refractivity contribution in [3.63, 3.8) is 0 Å². The maximum atomic E-state index is 13.6. The topological polar surface area (TPSA) is 76.8 Å². The van der Waals surface area contributed by atoms with E-state index >= 15 is 0 Å². The van der Waals surface area contributed by atoms with Crippen molar-refractivity contribution in [1.29, 1.82) is 0 Å². The third kappa shape index (κ3) is 3.93. The quantitative estimate of drug-likeness (QED) is 0.580. The Labute approximate surface area is 176 Å². The molecule has 3 aromatic rings. The normalized spacial score (nSPS) is 14.2. The first-order valence-electron chi connectivity index (χ1n) is 9.36. The van der Waals surface area contributed by atoms with Crippen LogP contribution in [0.4, 0.5) is 9.18 Å². The van der Waals surface area contributed by atoms with E-state index in [2.05, 4.69) is 10.1 Å². The molecule has 0 spiro atoms. The Morgan fingerprint density at radius 3 is 2.83 bits per heavy atom. The first kappa shape index (κ1) is 20.1. The lowest BCUT2D eigenvalue weighted by atomic mass is 10.1. The number of hydrazone groups is 1. The van der Waals surface area contributed by atoms with Crippen LogP contribution >= 0.6 is 11.8 Å². The second kappa shape index (κ2) is 8.27. The van der Waals surface area contributed by atoms with Crippen LogP contribution in [0.1, 0.15) is 12.5 Å². The van der Waals surface area contributed by atoms with Crippen molar-refractivity contribution in [3.8, 4) is 11.4 Å². The number of thioether (sulfide) groups is 1. The summed E-state index contributed by atoms with van der Waals surface area (Å²) in [5, 5.41) is 5.19. The van der Waals surface area contributed by atoms with Crippen LogP contribution in [0.25, 0.3) is 22.4 Å². The zero-order valence-electron chi connectivity index (χ0n) is 16.5. The predicted molar refractivity (Wildman–Crippen MR) is 114 cm³/mol. The monoisotopic (exact) mass is 426 g/mol. The van der Waals surface area contributed by atoms with Gasteiger partial charge < -0.3 is 9.30 Å². The van der Waals surface area contributed by atoms with Crippen LogP contribution in [0.15, 0.2) is 47.6 Å². The van der Waals surface area contributed by atoms with Gasteiger partial charge in [0.2, 0.25) is 0 Å². The summed E-state index contributed by atoms with van der Waals surface area (Å²) in [5.74, 6) is 0.227. The fourth-order valence-corrected chi connectivity index (χ4v) is 3.99. The molecule has 2 heterocycles. The fourth-order valence-electron chi connectivity index (χ4n) is 3.25. The van der Waals surface area contributed by atoms with Crippen LogP contribution in [-0.2, 0) is 16.6 Å². The molecular weight excluding hydrogens is 407 g/mol. The lowest BCUT2D eigenvalue weighted by Crippen LogP contribution is -2.34. The molecule has 0 fully saturated rings. The maximum absolute atomic E-state index is 13.6. The van der Waals surface area contributed by atoms with Gasteiger partial charge >= 0.3 is 11.2 Å². The van der Waals surface area contributed by atoms with Crippen LogP contribution < -0.4 is 0 Å². The Morgan fingerprint density at radius 1 is 1.23 bits per heavy atom. The van der Waals surface area contributed by atoms with E-state index in [4.69, 9.17) is 4.74 Å². The summed E-state index contributed by atoms with van der Waals surface area (Å²) in [6, 6.07) is 12.0. The van der Waals surface area contributed by atoms with Gasteiger partial charge in [0.05, 0.1) is 23.4 Å². The Morgan fingerprint density at radius 2 is 2.07 bits per heavy atom. The number of aryl methyl sites for hydroxylation is 1. The van der Waals surface area contributed by atoms with E-state index in [1.54, 1.807) is 13.0 Å². The van der Waals surface area contributed by atoms with E-state index in [-0.39, 0.29) is 24.2 Å². The zero-order valence-corrected chi connectivity index (χ0v) is 17.3. The van der Waals surface area contributed by atoms with Crippen LogP contribution in [0.2, 0.25) is 0 Å². The maximum Gasteiger partial charge on any atom is 0.327 e. The van der Waals surface area contributed by atoms with E-state index in [1.807, 2.05) is 35.9 Å². The van der Waals surface area contributed by atoms with Crippen LogP contribution in [0.3, 0.4) is 0 Å². The van der Waals surface area contributed by atoms with Gasteiger partial charge in [-0.05, 0) is 31.2 Å². The van der Waals surface area contributed by atoms with Gasteiger partial charge in [0.25, 0.3) is 0 Å². The van der Waals surface area contributed by atoms with Gasteiger partial charge in [0, 0.05) is 23.9 Å². The molecule has 0 aliphatic carbocycles. The summed E-state index contributed by atoms with van der Waals surface area (Å²) in [7, 11) is 1.88. The highest BCUT2D eigenvalue weighted by Gasteiger charge is 2.25. The lowest BCUT2D eigenvalue weighted by Gasteiger charge is -2.22. The number of hydrogen-bond donors (Lipinski definition) is 0. The average molecular weight is 426 g/mol. The number of benzene rings is 2. The predicted octanol–water partition coefficient (Wildman–Crippen LogP) is 3.82. The molecule has 9 heteroatoms. The fraction of sp³-hybridized carbons (Fsp3) is 0.238. The molecule has 0 bridgehead atoms. The number of carbonyl (C=O) groups excluding carboxylic acids is 2. The second-order valence-corrected chi connectivity index (χ2v) is 7.60. The van der Waals surface area contributed by atoms with Crippen molar-refractivity contribution in [2.24, 2.45) is 12.1 Å². The van der Waals surface area contributed by atoms with Crippen LogP contribution in [0.5, 0.6) is 0 Å². The molecule has 0 unspecified atom stereocenters. The highest BCUT2D eigenvalue weighted by atomic mass is 32.2. The third-order valence-electron chi connectivity index (χ3n) is 4.67. The summed E-state index contributed by atoms with van der Waals surface area (Å²) >= 11 is 1.08. The molecule has 0 atom stereocenters. The van der Waals surface area contributed by atoms with Gasteiger partial charge in [-0.3, -0.25) is 9.59 Å². The Kier molecular flexibility index (Phi) is 5.54. The first-order chi connectivity index (χ1) is 14.5. The summed E-state index contributed by atoms with van der Waals surface area (Å²) in [6.07, 6.45) is 0. The Balaban J connectivity index is 1.68.